The highest BCUT2D eigenvalue weighted by Gasteiger charge is 2.54. The van der Waals surface area contributed by atoms with Crippen LogP contribution in [0.4, 0.5) is 19.4 Å². The Labute approximate surface area is 199 Å². The molecule has 1 heterocycles. The second kappa shape index (κ2) is 9.46. The smallest absolute Gasteiger partial charge is 0.413 e. The molecule has 4 rings (SSSR count). The van der Waals surface area contributed by atoms with Crippen molar-refractivity contribution in [2.75, 3.05) is 5.32 Å². The van der Waals surface area contributed by atoms with Crippen LogP contribution in [0.25, 0.3) is 0 Å². The Morgan fingerprint density at radius 3 is 2.43 bits per heavy atom. The Kier molecular flexibility index (Phi) is 6.42. The van der Waals surface area contributed by atoms with Crippen LogP contribution in [0.1, 0.15) is 42.6 Å². The predicted octanol–water partition coefficient (Wildman–Crippen LogP) is 4.40. The van der Waals surface area contributed by atoms with E-state index in [4.69, 9.17) is 14.6 Å². The molecule has 180 valence electrons. The largest absolute Gasteiger partial charge is 0.478 e. The number of carbonyl (C=O) groups excluding carboxylic acids is 1. The van der Waals surface area contributed by atoms with Gasteiger partial charge in [-0.15, -0.1) is 0 Å². The number of carboxylic acids is 1. The van der Waals surface area contributed by atoms with Gasteiger partial charge < -0.3 is 14.6 Å². The lowest BCUT2D eigenvalue weighted by Gasteiger charge is -2.14. The third kappa shape index (κ3) is 5.24. The van der Waals surface area contributed by atoms with Crippen molar-refractivity contribution in [1.29, 1.82) is 0 Å². The van der Waals surface area contributed by atoms with Crippen molar-refractivity contribution in [2.24, 2.45) is 7.05 Å². The number of anilines is 1. The average molecular weight is 481 g/mol. The van der Waals surface area contributed by atoms with Crippen LogP contribution in [0.3, 0.4) is 0 Å². The van der Waals surface area contributed by atoms with E-state index in [9.17, 15) is 18.4 Å². The van der Waals surface area contributed by atoms with E-state index in [0.717, 1.165) is 17.7 Å². The second-order valence-electron chi connectivity index (χ2n) is 8.03. The van der Waals surface area contributed by atoms with E-state index in [1.54, 1.807) is 14.0 Å². The average Bonchev–Trinajstić information content (AvgIpc) is 3.54. The van der Waals surface area contributed by atoms with E-state index in [1.807, 2.05) is 30.3 Å². The Bertz CT molecular complexity index is 1320. The molecule has 10 heteroatoms. The molecule has 1 fully saturated rings. The summed E-state index contributed by atoms with van der Waals surface area (Å²) in [5.74, 6) is 1.42. The molecule has 35 heavy (non-hydrogen) atoms. The van der Waals surface area contributed by atoms with E-state index >= 15 is 0 Å². The third-order valence-electron chi connectivity index (χ3n) is 5.44. The standard InChI is InChI=1S/C25H21F2N3O5/c1-15(17-6-4-3-5-7-17)34-24(33)29-22-18(14-28-30(22)2)9-8-16-12-19(26)21(20(27)13-16)35-25(10-11-25)23(31)32/h3-7,12-15H,10-11H2,1-2H3,(H,29,33)(H,31,32). The highest BCUT2D eigenvalue weighted by Crippen LogP contribution is 2.42. The van der Waals surface area contributed by atoms with E-state index in [1.165, 1.54) is 10.9 Å². The number of aliphatic carboxylic acids is 1. The lowest BCUT2D eigenvalue weighted by molar-refractivity contribution is -0.147. The fraction of sp³-hybridized carbons (Fsp3) is 0.240. The van der Waals surface area contributed by atoms with Gasteiger partial charge in [-0.1, -0.05) is 42.2 Å². The van der Waals surface area contributed by atoms with Crippen molar-refractivity contribution in [2.45, 2.75) is 31.5 Å². The van der Waals surface area contributed by atoms with E-state index in [-0.39, 0.29) is 24.2 Å². The zero-order valence-electron chi connectivity index (χ0n) is 18.8. The molecule has 0 spiro atoms. The number of aryl methyl sites for hydroxylation is 1. The van der Waals surface area contributed by atoms with Crippen molar-refractivity contribution in [3.8, 4) is 17.6 Å². The SMILES string of the molecule is CC(OC(=O)Nc1c(C#Cc2cc(F)c(OC3(C(=O)O)CC3)c(F)c2)cnn1C)c1ccccc1. The summed E-state index contributed by atoms with van der Waals surface area (Å²) < 4.78 is 40.8. The maximum absolute atomic E-state index is 14.5. The van der Waals surface area contributed by atoms with E-state index in [2.05, 4.69) is 22.3 Å². The van der Waals surface area contributed by atoms with Gasteiger partial charge in [0.25, 0.3) is 0 Å². The molecule has 0 bridgehead atoms. The molecule has 0 aliphatic heterocycles. The second-order valence-corrected chi connectivity index (χ2v) is 8.03. The molecule has 1 unspecified atom stereocenters. The Morgan fingerprint density at radius 2 is 1.83 bits per heavy atom. The molecule has 2 aromatic carbocycles. The Hall–Kier alpha value is -4.39. The Balaban J connectivity index is 1.49. The summed E-state index contributed by atoms with van der Waals surface area (Å²) in [6, 6.07) is 11.1. The van der Waals surface area contributed by atoms with Crippen LogP contribution < -0.4 is 10.1 Å². The normalized spacial score (nSPS) is 14.3. The van der Waals surface area contributed by atoms with Gasteiger partial charge in [0, 0.05) is 25.5 Å². The minimum absolute atomic E-state index is 0.0115. The van der Waals surface area contributed by atoms with Crippen LogP contribution >= 0.6 is 0 Å². The summed E-state index contributed by atoms with van der Waals surface area (Å²) in [6.07, 6.45) is 0.510. The van der Waals surface area contributed by atoms with Crippen LogP contribution in [0.2, 0.25) is 0 Å². The number of carboxylic acid groups (broad SMARTS) is 1. The van der Waals surface area contributed by atoms with Gasteiger partial charge in [0.15, 0.2) is 17.4 Å². The number of hydrogen-bond acceptors (Lipinski definition) is 5. The number of amides is 1. The van der Waals surface area contributed by atoms with Gasteiger partial charge in [-0.3, -0.25) is 10.00 Å². The molecule has 0 radical (unpaired) electrons. The molecule has 1 aliphatic carbocycles. The zero-order chi connectivity index (χ0) is 25.2. The monoisotopic (exact) mass is 481 g/mol. The number of nitrogens with zero attached hydrogens (tertiary/aromatic N) is 2. The highest BCUT2D eigenvalue weighted by molar-refractivity contribution is 5.85. The van der Waals surface area contributed by atoms with Gasteiger partial charge in [-0.2, -0.15) is 5.10 Å². The van der Waals surface area contributed by atoms with Gasteiger partial charge in [0.05, 0.1) is 11.8 Å². The van der Waals surface area contributed by atoms with Crippen LogP contribution in [-0.2, 0) is 16.6 Å². The van der Waals surface area contributed by atoms with Gasteiger partial charge in [0.2, 0.25) is 5.60 Å². The number of rotatable bonds is 6. The molecule has 1 saturated carbocycles. The number of aromatic nitrogens is 2. The lowest BCUT2D eigenvalue weighted by Crippen LogP contribution is -2.29. The number of benzene rings is 2. The van der Waals surface area contributed by atoms with Crippen molar-refractivity contribution >= 4 is 17.9 Å². The zero-order valence-corrected chi connectivity index (χ0v) is 18.8. The molecule has 1 aromatic heterocycles. The van der Waals surface area contributed by atoms with Crippen LogP contribution in [0.15, 0.2) is 48.7 Å². The molecular weight excluding hydrogens is 460 g/mol. The van der Waals surface area contributed by atoms with E-state index < -0.39 is 41.2 Å². The van der Waals surface area contributed by atoms with Crippen molar-refractivity contribution in [3.63, 3.8) is 0 Å². The first kappa shape index (κ1) is 23.8. The molecule has 1 aliphatic rings. The first-order valence-electron chi connectivity index (χ1n) is 10.7. The van der Waals surface area contributed by atoms with Crippen LogP contribution in [-0.4, -0.2) is 32.6 Å². The Morgan fingerprint density at radius 1 is 1.17 bits per heavy atom. The quantitative estimate of drug-likeness (QED) is 0.506. The van der Waals surface area contributed by atoms with Gasteiger partial charge in [-0.05, 0) is 24.6 Å². The topological polar surface area (TPSA) is 103 Å². The van der Waals surface area contributed by atoms with Crippen molar-refractivity contribution in [3.05, 3.63) is 77.0 Å². The van der Waals surface area contributed by atoms with Gasteiger partial charge >= 0.3 is 12.1 Å². The molecular formula is C25H21F2N3O5. The van der Waals surface area contributed by atoms with Gasteiger partial charge in [0.1, 0.15) is 11.9 Å². The summed E-state index contributed by atoms with van der Waals surface area (Å²) >= 11 is 0. The first-order chi connectivity index (χ1) is 16.7. The molecule has 3 aromatic rings. The maximum Gasteiger partial charge on any atom is 0.413 e. The van der Waals surface area contributed by atoms with E-state index in [0.29, 0.717) is 5.56 Å². The molecule has 0 saturated heterocycles. The molecule has 8 nitrogen and oxygen atoms in total. The maximum atomic E-state index is 14.5. The highest BCUT2D eigenvalue weighted by atomic mass is 19.1. The molecule has 1 atom stereocenters. The number of hydrogen-bond donors (Lipinski definition) is 2. The summed E-state index contributed by atoms with van der Waals surface area (Å²) in [5, 5.41) is 15.8. The summed E-state index contributed by atoms with van der Waals surface area (Å²) in [5.41, 5.74) is -0.485. The van der Waals surface area contributed by atoms with Crippen molar-refractivity contribution in [1.82, 2.24) is 9.78 Å². The number of halogens is 2. The number of nitrogens with one attached hydrogen (secondary N) is 1. The summed E-state index contributed by atoms with van der Waals surface area (Å²) in [4.78, 5) is 23.6. The fourth-order valence-electron chi connectivity index (χ4n) is 3.29. The van der Waals surface area contributed by atoms with Gasteiger partial charge in [-0.25, -0.2) is 18.4 Å². The van der Waals surface area contributed by atoms with Crippen LogP contribution in [0.5, 0.6) is 5.75 Å². The third-order valence-corrected chi connectivity index (χ3v) is 5.44. The minimum atomic E-state index is -1.59. The summed E-state index contributed by atoms with van der Waals surface area (Å²) in [6.45, 7) is 1.73. The number of carbonyl (C=O) groups is 2. The molecule has 2 N–H and O–H groups in total. The van der Waals surface area contributed by atoms with Crippen molar-refractivity contribution < 1.29 is 33.0 Å². The predicted molar refractivity (Wildman–Crippen MR) is 121 cm³/mol. The van der Waals surface area contributed by atoms with Crippen LogP contribution in [0, 0.1) is 23.5 Å². The minimum Gasteiger partial charge on any atom is -0.478 e. The lowest BCUT2D eigenvalue weighted by atomic mass is 10.1. The number of ether oxygens (including phenoxy) is 2. The first-order valence-corrected chi connectivity index (χ1v) is 10.7. The fourth-order valence-corrected chi connectivity index (χ4v) is 3.29. The molecule has 1 amide bonds. The summed E-state index contributed by atoms with van der Waals surface area (Å²) in [7, 11) is 1.59.